The second-order valence-electron chi connectivity index (χ2n) is 9.82. The van der Waals surface area contributed by atoms with Gasteiger partial charge >= 0.3 is 6.18 Å². The number of benzene rings is 1. The first-order chi connectivity index (χ1) is 16.6. The molecule has 10 heteroatoms. The number of amides is 1. The standard InChI is InChI=1S/C25H26F3N5O2/c1-31-9-3-8-24(14-31)15-32(16-24)23(35)13-33-12-18-10-17(6-7-19(18)30-33)11-21(34)20-4-2-5-22(29-20)25(26,27)28/h2,4-7,10,12H,3,8-9,11,13-16H2,1H3. The van der Waals surface area contributed by atoms with Gasteiger partial charge in [-0.15, -0.1) is 0 Å². The molecule has 0 aliphatic carbocycles. The molecule has 2 aromatic heterocycles. The van der Waals surface area contributed by atoms with Gasteiger partial charge in [-0.3, -0.25) is 14.3 Å². The van der Waals surface area contributed by atoms with E-state index in [1.54, 1.807) is 29.1 Å². The molecule has 1 aromatic carbocycles. The summed E-state index contributed by atoms with van der Waals surface area (Å²) in [6.07, 6.45) is -0.612. The molecule has 2 saturated heterocycles. The average Bonchev–Trinajstić information content (AvgIpc) is 3.18. The number of nitrogens with zero attached hydrogens (tertiary/aromatic N) is 5. The molecular weight excluding hydrogens is 459 g/mol. The molecule has 2 aliphatic rings. The Morgan fingerprint density at radius 2 is 1.91 bits per heavy atom. The monoisotopic (exact) mass is 485 g/mol. The Hall–Kier alpha value is -3.27. The Bertz CT molecular complexity index is 1280. The summed E-state index contributed by atoms with van der Waals surface area (Å²) in [6, 6.07) is 8.53. The van der Waals surface area contributed by atoms with Crippen LogP contribution >= 0.6 is 0 Å². The zero-order valence-corrected chi connectivity index (χ0v) is 19.4. The van der Waals surface area contributed by atoms with Crippen molar-refractivity contribution in [3.63, 3.8) is 0 Å². The SMILES string of the molecule is CN1CCCC2(C1)CN(C(=O)Cn1cc3cc(CC(=O)c4cccc(C(F)(F)F)n4)ccc3n1)C2. The Morgan fingerprint density at radius 3 is 2.66 bits per heavy atom. The number of fused-ring (bicyclic) bond motifs is 1. The van der Waals surface area contributed by atoms with Gasteiger partial charge in [-0.1, -0.05) is 12.1 Å². The van der Waals surface area contributed by atoms with E-state index in [1.165, 1.54) is 12.1 Å². The number of aromatic nitrogens is 3. The summed E-state index contributed by atoms with van der Waals surface area (Å²) < 4.78 is 40.3. The van der Waals surface area contributed by atoms with E-state index in [4.69, 9.17) is 0 Å². The third kappa shape index (κ3) is 4.93. The molecule has 7 nitrogen and oxygen atoms in total. The van der Waals surface area contributed by atoms with Crippen molar-refractivity contribution in [3.8, 4) is 0 Å². The molecule has 0 radical (unpaired) electrons. The fourth-order valence-corrected chi connectivity index (χ4v) is 5.23. The predicted octanol–water partition coefficient (Wildman–Crippen LogP) is 3.43. The van der Waals surface area contributed by atoms with Gasteiger partial charge < -0.3 is 9.80 Å². The molecule has 5 rings (SSSR count). The van der Waals surface area contributed by atoms with E-state index in [-0.39, 0.29) is 30.0 Å². The van der Waals surface area contributed by atoms with Crippen LogP contribution in [0.4, 0.5) is 13.2 Å². The third-order valence-electron chi connectivity index (χ3n) is 6.86. The predicted molar refractivity (Wildman–Crippen MR) is 123 cm³/mol. The van der Waals surface area contributed by atoms with Gasteiger partial charge in [0.15, 0.2) is 5.78 Å². The van der Waals surface area contributed by atoms with Gasteiger partial charge in [-0.25, -0.2) is 4.98 Å². The summed E-state index contributed by atoms with van der Waals surface area (Å²) in [5, 5.41) is 5.22. The number of piperidine rings is 1. The fraction of sp³-hybridized carbons (Fsp3) is 0.440. The second-order valence-corrected chi connectivity index (χ2v) is 9.82. The molecule has 0 N–H and O–H groups in total. The molecule has 1 amide bonds. The van der Waals surface area contributed by atoms with E-state index in [9.17, 15) is 22.8 Å². The summed E-state index contributed by atoms with van der Waals surface area (Å²) in [4.78, 5) is 33.0. The lowest BCUT2D eigenvalue weighted by Crippen LogP contribution is -2.64. The molecule has 3 aromatic rings. The van der Waals surface area contributed by atoms with Gasteiger partial charge in [0.2, 0.25) is 5.91 Å². The number of hydrogen-bond acceptors (Lipinski definition) is 5. The molecule has 1 spiro atoms. The topological polar surface area (TPSA) is 71.3 Å². The van der Waals surface area contributed by atoms with Crippen LogP contribution in [0.3, 0.4) is 0 Å². The molecule has 184 valence electrons. The number of carbonyl (C=O) groups excluding carboxylic acids is 2. The summed E-state index contributed by atoms with van der Waals surface area (Å²) in [6.45, 7) is 3.85. The minimum Gasteiger partial charge on any atom is -0.340 e. The minimum atomic E-state index is -4.61. The van der Waals surface area contributed by atoms with Crippen LogP contribution in [0.2, 0.25) is 0 Å². The molecule has 2 fully saturated rings. The maximum Gasteiger partial charge on any atom is 0.433 e. The van der Waals surface area contributed by atoms with Crippen molar-refractivity contribution in [2.24, 2.45) is 5.41 Å². The van der Waals surface area contributed by atoms with E-state index >= 15 is 0 Å². The first-order valence-corrected chi connectivity index (χ1v) is 11.6. The number of halogens is 3. The molecule has 0 saturated carbocycles. The first kappa shape index (κ1) is 23.5. The van der Waals surface area contributed by atoms with E-state index < -0.39 is 17.7 Å². The normalized spacial score (nSPS) is 18.1. The van der Waals surface area contributed by atoms with E-state index in [0.717, 1.165) is 50.5 Å². The van der Waals surface area contributed by atoms with Crippen LogP contribution in [-0.4, -0.2) is 69.5 Å². The van der Waals surface area contributed by atoms with Crippen molar-refractivity contribution >= 4 is 22.6 Å². The molecule has 2 aliphatic heterocycles. The number of pyridine rings is 1. The van der Waals surface area contributed by atoms with Crippen LogP contribution in [0.1, 0.15) is 34.6 Å². The summed E-state index contributed by atoms with van der Waals surface area (Å²) in [5.74, 6) is -0.472. The smallest absolute Gasteiger partial charge is 0.340 e. The van der Waals surface area contributed by atoms with Crippen molar-refractivity contribution in [3.05, 3.63) is 59.5 Å². The van der Waals surface area contributed by atoms with Crippen molar-refractivity contribution < 1.29 is 22.8 Å². The summed E-state index contributed by atoms with van der Waals surface area (Å²) in [5.41, 5.74) is 0.234. The Labute approximate surface area is 200 Å². The number of carbonyl (C=O) groups is 2. The molecule has 0 atom stereocenters. The number of ketones is 1. The highest BCUT2D eigenvalue weighted by atomic mass is 19.4. The lowest BCUT2D eigenvalue weighted by Gasteiger charge is -2.54. The zero-order chi connectivity index (χ0) is 24.8. The maximum atomic E-state index is 12.9. The first-order valence-electron chi connectivity index (χ1n) is 11.6. The van der Waals surface area contributed by atoms with Gasteiger partial charge in [-0.05, 0) is 56.3 Å². The fourth-order valence-electron chi connectivity index (χ4n) is 5.23. The lowest BCUT2D eigenvalue weighted by atomic mass is 9.73. The number of rotatable bonds is 5. The van der Waals surface area contributed by atoms with E-state index in [1.807, 2.05) is 4.90 Å². The second kappa shape index (κ2) is 8.75. The number of alkyl halides is 3. The quantitative estimate of drug-likeness (QED) is 0.518. The van der Waals surface area contributed by atoms with Crippen LogP contribution in [-0.2, 0) is 23.9 Å². The molecular formula is C25H26F3N5O2. The molecule has 4 heterocycles. The average molecular weight is 486 g/mol. The lowest BCUT2D eigenvalue weighted by molar-refractivity contribution is -0.147. The van der Waals surface area contributed by atoms with Gasteiger partial charge in [0, 0.05) is 43.1 Å². The highest BCUT2D eigenvalue weighted by Crippen LogP contribution is 2.38. The third-order valence-corrected chi connectivity index (χ3v) is 6.86. The van der Waals surface area contributed by atoms with E-state index in [2.05, 4.69) is 22.0 Å². The van der Waals surface area contributed by atoms with Crippen molar-refractivity contribution in [2.45, 2.75) is 32.0 Å². The minimum absolute atomic E-state index is 0.0303. The van der Waals surface area contributed by atoms with Crippen LogP contribution in [0.15, 0.2) is 42.6 Å². The Balaban J connectivity index is 1.23. The van der Waals surface area contributed by atoms with Crippen molar-refractivity contribution in [1.82, 2.24) is 24.6 Å². The Kier molecular flexibility index (Phi) is 5.86. The Morgan fingerprint density at radius 1 is 1.11 bits per heavy atom. The van der Waals surface area contributed by atoms with Crippen LogP contribution < -0.4 is 0 Å². The van der Waals surface area contributed by atoms with E-state index in [0.29, 0.717) is 11.1 Å². The highest BCUT2D eigenvalue weighted by Gasteiger charge is 2.46. The van der Waals surface area contributed by atoms with Gasteiger partial charge in [0.25, 0.3) is 0 Å². The van der Waals surface area contributed by atoms with Crippen LogP contribution in [0.25, 0.3) is 10.9 Å². The van der Waals surface area contributed by atoms with Crippen LogP contribution in [0, 0.1) is 5.41 Å². The van der Waals surface area contributed by atoms with Gasteiger partial charge in [0.05, 0.1) is 5.52 Å². The van der Waals surface area contributed by atoms with Crippen molar-refractivity contribution in [1.29, 1.82) is 0 Å². The van der Waals surface area contributed by atoms with Gasteiger partial charge in [0.1, 0.15) is 17.9 Å². The summed E-state index contributed by atoms with van der Waals surface area (Å²) in [7, 11) is 2.12. The summed E-state index contributed by atoms with van der Waals surface area (Å²) >= 11 is 0. The maximum absolute atomic E-state index is 12.9. The number of Topliss-reactive ketones (excluding diaryl/α,β-unsaturated/α-hetero) is 1. The number of likely N-dealkylation sites (tertiary alicyclic amines) is 2. The van der Waals surface area contributed by atoms with Gasteiger partial charge in [-0.2, -0.15) is 18.3 Å². The largest absolute Gasteiger partial charge is 0.433 e. The zero-order valence-electron chi connectivity index (χ0n) is 19.4. The molecule has 0 bridgehead atoms. The molecule has 35 heavy (non-hydrogen) atoms. The molecule has 0 unspecified atom stereocenters. The highest BCUT2D eigenvalue weighted by molar-refractivity contribution is 5.96. The number of hydrogen-bond donors (Lipinski definition) is 0. The van der Waals surface area contributed by atoms with Crippen LogP contribution in [0.5, 0.6) is 0 Å². The van der Waals surface area contributed by atoms with Crippen molar-refractivity contribution in [2.75, 3.05) is 33.2 Å².